The third kappa shape index (κ3) is 4.45. The number of aromatic nitrogens is 2. The minimum atomic E-state index is 0.228. The monoisotopic (exact) mass is 446 g/mol. The van der Waals surface area contributed by atoms with Crippen LogP contribution in [-0.2, 0) is 13.0 Å². The van der Waals surface area contributed by atoms with Crippen LogP contribution in [0.2, 0.25) is 0 Å². The lowest BCUT2D eigenvalue weighted by atomic mass is 9.96. The first-order valence-corrected chi connectivity index (χ1v) is 11.1. The Hall–Kier alpha value is -2.39. The Kier molecular flexibility index (Phi) is 5.86. The highest BCUT2D eigenvalue weighted by Gasteiger charge is 2.18. The first-order valence-electron chi connectivity index (χ1n) is 10.3. The van der Waals surface area contributed by atoms with E-state index in [1.807, 2.05) is 0 Å². The van der Waals surface area contributed by atoms with E-state index in [2.05, 4.69) is 114 Å². The summed E-state index contributed by atoms with van der Waals surface area (Å²) in [5.41, 5.74) is 6.23. The van der Waals surface area contributed by atoms with Gasteiger partial charge >= 0.3 is 0 Å². The molecule has 148 valence electrons. The Morgan fingerprint density at radius 3 is 2.17 bits per heavy atom. The summed E-state index contributed by atoms with van der Waals surface area (Å²) in [7, 11) is 0. The fourth-order valence-electron chi connectivity index (χ4n) is 3.93. The molecular formula is C26H27BrN2. The fraction of sp³-hybridized carbons (Fsp3) is 0.269. The van der Waals surface area contributed by atoms with Crippen LogP contribution in [-0.4, -0.2) is 9.55 Å². The number of halogens is 1. The summed E-state index contributed by atoms with van der Waals surface area (Å²) >= 11 is 3.53. The molecule has 29 heavy (non-hydrogen) atoms. The molecule has 4 rings (SSSR count). The zero-order valence-electron chi connectivity index (χ0n) is 17.3. The van der Waals surface area contributed by atoms with Crippen LogP contribution in [0.15, 0.2) is 77.3 Å². The van der Waals surface area contributed by atoms with E-state index < -0.39 is 0 Å². The molecule has 0 amide bonds. The Bertz CT molecular complexity index is 1090. The van der Waals surface area contributed by atoms with E-state index in [0.717, 1.165) is 28.8 Å². The maximum atomic E-state index is 5.03. The van der Waals surface area contributed by atoms with Crippen LogP contribution in [0.5, 0.6) is 0 Å². The van der Waals surface area contributed by atoms with Gasteiger partial charge in [-0.2, -0.15) is 0 Å². The second-order valence-corrected chi connectivity index (χ2v) is 9.15. The van der Waals surface area contributed by atoms with E-state index in [1.165, 1.54) is 22.2 Å². The van der Waals surface area contributed by atoms with Crippen LogP contribution < -0.4 is 0 Å². The van der Waals surface area contributed by atoms with E-state index in [4.69, 9.17) is 4.98 Å². The zero-order valence-corrected chi connectivity index (χ0v) is 18.9. The van der Waals surface area contributed by atoms with E-state index in [0.29, 0.717) is 5.92 Å². The maximum Gasteiger partial charge on any atom is 0.117 e. The number of nitrogens with zero attached hydrogens (tertiary/aromatic N) is 2. The summed E-state index contributed by atoms with van der Waals surface area (Å²) in [4.78, 5) is 5.03. The first-order chi connectivity index (χ1) is 14.0. The Morgan fingerprint density at radius 2 is 1.48 bits per heavy atom. The molecule has 1 aromatic heterocycles. The van der Waals surface area contributed by atoms with Gasteiger partial charge in [0.1, 0.15) is 5.82 Å². The van der Waals surface area contributed by atoms with Crippen LogP contribution in [0.3, 0.4) is 0 Å². The highest BCUT2D eigenvalue weighted by atomic mass is 79.9. The second-order valence-electron chi connectivity index (χ2n) is 8.23. The normalized spacial score (nSPS) is 12.6. The van der Waals surface area contributed by atoms with Crippen molar-refractivity contribution in [3.8, 4) is 0 Å². The van der Waals surface area contributed by atoms with E-state index in [-0.39, 0.29) is 5.92 Å². The van der Waals surface area contributed by atoms with Gasteiger partial charge in [0.2, 0.25) is 0 Å². The minimum absolute atomic E-state index is 0.228. The van der Waals surface area contributed by atoms with Crippen molar-refractivity contribution in [1.29, 1.82) is 0 Å². The Balaban J connectivity index is 1.71. The van der Waals surface area contributed by atoms with E-state index in [9.17, 15) is 0 Å². The molecule has 0 aliphatic heterocycles. The van der Waals surface area contributed by atoms with Gasteiger partial charge in [0.25, 0.3) is 0 Å². The molecule has 0 aliphatic rings. The van der Waals surface area contributed by atoms with Gasteiger partial charge in [-0.15, -0.1) is 0 Å². The summed E-state index contributed by atoms with van der Waals surface area (Å²) in [6, 6.07) is 26.1. The second kappa shape index (κ2) is 8.54. The van der Waals surface area contributed by atoms with Crippen molar-refractivity contribution in [3.63, 3.8) is 0 Å². The molecule has 1 atom stereocenters. The Labute approximate surface area is 181 Å². The standard InChI is InChI=1S/C26H27BrN2/c1-18(2)16-20-8-12-22(13-9-20)19(3)26-28-24-6-4-5-7-25(24)29(26)17-21-10-14-23(27)15-11-21/h4-15,18-19H,16-17H2,1-3H3/t19-/m0/s1. The van der Waals surface area contributed by atoms with E-state index >= 15 is 0 Å². The highest BCUT2D eigenvalue weighted by molar-refractivity contribution is 9.10. The molecular weight excluding hydrogens is 420 g/mol. The molecule has 4 aromatic rings. The molecule has 0 bridgehead atoms. The van der Waals surface area contributed by atoms with Gasteiger partial charge in [-0.1, -0.05) is 85.2 Å². The van der Waals surface area contributed by atoms with Crippen molar-refractivity contribution in [3.05, 3.63) is 99.8 Å². The topological polar surface area (TPSA) is 17.8 Å². The lowest BCUT2D eigenvalue weighted by Crippen LogP contribution is -2.09. The lowest BCUT2D eigenvalue weighted by molar-refractivity contribution is 0.646. The molecule has 3 aromatic carbocycles. The summed E-state index contributed by atoms with van der Waals surface area (Å²) in [5.74, 6) is 2.02. The fourth-order valence-corrected chi connectivity index (χ4v) is 4.19. The number of benzene rings is 3. The molecule has 0 spiro atoms. The number of para-hydroxylation sites is 2. The van der Waals surface area contributed by atoms with Gasteiger partial charge in [0.15, 0.2) is 0 Å². The van der Waals surface area contributed by atoms with Crippen molar-refractivity contribution in [2.45, 2.75) is 39.7 Å². The van der Waals surface area contributed by atoms with Crippen molar-refractivity contribution < 1.29 is 0 Å². The predicted molar refractivity (Wildman–Crippen MR) is 125 cm³/mol. The number of rotatable bonds is 6. The van der Waals surface area contributed by atoms with Crippen LogP contribution in [0, 0.1) is 5.92 Å². The molecule has 3 heteroatoms. The van der Waals surface area contributed by atoms with Crippen LogP contribution in [0.4, 0.5) is 0 Å². The molecule has 0 unspecified atom stereocenters. The van der Waals surface area contributed by atoms with Crippen LogP contribution >= 0.6 is 15.9 Å². The lowest BCUT2D eigenvalue weighted by Gasteiger charge is -2.16. The third-order valence-electron chi connectivity index (χ3n) is 5.45. The maximum absolute atomic E-state index is 5.03. The summed E-state index contributed by atoms with van der Waals surface area (Å²) < 4.78 is 3.47. The predicted octanol–water partition coefficient (Wildman–Crippen LogP) is 7.20. The van der Waals surface area contributed by atoms with Gasteiger partial charge in [-0.05, 0) is 53.3 Å². The molecule has 0 aliphatic carbocycles. The highest BCUT2D eigenvalue weighted by Crippen LogP contribution is 2.29. The SMILES string of the molecule is CC(C)Cc1ccc([C@H](C)c2nc3ccccc3n2Cc2ccc(Br)cc2)cc1. The molecule has 0 N–H and O–H groups in total. The molecule has 0 saturated carbocycles. The number of fused-ring (bicyclic) bond motifs is 1. The quantitative estimate of drug-likeness (QED) is 0.306. The van der Waals surface area contributed by atoms with Crippen molar-refractivity contribution in [2.75, 3.05) is 0 Å². The number of hydrogen-bond acceptors (Lipinski definition) is 1. The van der Waals surface area contributed by atoms with Gasteiger partial charge in [0.05, 0.1) is 11.0 Å². The summed E-state index contributed by atoms with van der Waals surface area (Å²) in [6.45, 7) is 7.61. The summed E-state index contributed by atoms with van der Waals surface area (Å²) in [6.07, 6.45) is 1.12. The van der Waals surface area contributed by atoms with Crippen molar-refractivity contribution >= 4 is 27.0 Å². The molecule has 0 fully saturated rings. The largest absolute Gasteiger partial charge is 0.323 e. The summed E-state index contributed by atoms with van der Waals surface area (Å²) in [5, 5.41) is 0. The van der Waals surface area contributed by atoms with E-state index in [1.54, 1.807) is 0 Å². The number of hydrogen-bond donors (Lipinski definition) is 0. The van der Waals surface area contributed by atoms with Crippen molar-refractivity contribution in [2.24, 2.45) is 5.92 Å². The first kappa shape index (κ1) is 19.9. The number of imidazole rings is 1. The minimum Gasteiger partial charge on any atom is -0.323 e. The molecule has 0 radical (unpaired) electrons. The van der Waals surface area contributed by atoms with Crippen LogP contribution in [0.1, 0.15) is 49.2 Å². The smallest absolute Gasteiger partial charge is 0.117 e. The zero-order chi connectivity index (χ0) is 20.4. The average molecular weight is 447 g/mol. The molecule has 0 saturated heterocycles. The van der Waals surface area contributed by atoms with Crippen molar-refractivity contribution in [1.82, 2.24) is 9.55 Å². The van der Waals surface area contributed by atoms with Gasteiger partial charge in [-0.25, -0.2) is 4.98 Å². The molecule has 1 heterocycles. The van der Waals surface area contributed by atoms with Crippen LogP contribution in [0.25, 0.3) is 11.0 Å². The van der Waals surface area contributed by atoms with Gasteiger partial charge in [0, 0.05) is 16.9 Å². The van der Waals surface area contributed by atoms with Gasteiger partial charge in [-0.3, -0.25) is 0 Å². The Morgan fingerprint density at radius 1 is 0.828 bits per heavy atom. The third-order valence-corrected chi connectivity index (χ3v) is 5.98. The molecule has 2 nitrogen and oxygen atoms in total. The van der Waals surface area contributed by atoms with Gasteiger partial charge < -0.3 is 4.57 Å². The average Bonchev–Trinajstić information content (AvgIpc) is 3.08.